The Labute approximate surface area is 188 Å². The second-order valence-electron chi connectivity index (χ2n) is 11.0. The average Bonchev–Trinajstić information content (AvgIpc) is 3.52. The van der Waals surface area contributed by atoms with Crippen LogP contribution in [0.15, 0.2) is 24.4 Å². The third-order valence-corrected chi connectivity index (χ3v) is 9.01. The predicted octanol–water partition coefficient (Wildman–Crippen LogP) is 2.25. The smallest absolute Gasteiger partial charge is 0.268 e. The third-order valence-electron chi connectivity index (χ3n) is 9.01. The summed E-state index contributed by atoms with van der Waals surface area (Å²) in [6, 6.07) is 6.37. The Hall–Kier alpha value is -2.41. The number of carbonyl (C=O) groups is 2. The number of amides is 2. The lowest BCUT2D eigenvalue weighted by molar-refractivity contribution is -0.131. The van der Waals surface area contributed by atoms with Gasteiger partial charge < -0.3 is 15.5 Å². The summed E-state index contributed by atoms with van der Waals surface area (Å²) in [7, 11) is 0. The zero-order valence-electron chi connectivity index (χ0n) is 19.0. The van der Waals surface area contributed by atoms with Crippen LogP contribution < -0.4 is 10.6 Å². The fraction of sp³-hybridized carbons (Fsp3) is 0.640. The minimum absolute atomic E-state index is 0.0620. The molecule has 0 radical (unpaired) electrons. The molecule has 2 amide bonds. The van der Waals surface area contributed by atoms with Gasteiger partial charge in [0.25, 0.3) is 5.91 Å². The van der Waals surface area contributed by atoms with Crippen LogP contribution >= 0.6 is 0 Å². The van der Waals surface area contributed by atoms with E-state index in [1.807, 2.05) is 33.7 Å². The first-order valence-electron chi connectivity index (χ1n) is 12.2. The van der Waals surface area contributed by atoms with Gasteiger partial charge in [-0.1, -0.05) is 19.9 Å². The van der Waals surface area contributed by atoms with Crippen molar-refractivity contribution in [3.63, 3.8) is 0 Å². The van der Waals surface area contributed by atoms with E-state index in [0.29, 0.717) is 34.8 Å². The first-order valence-corrected chi connectivity index (χ1v) is 12.2. The van der Waals surface area contributed by atoms with Crippen molar-refractivity contribution in [1.29, 1.82) is 0 Å². The van der Waals surface area contributed by atoms with Crippen molar-refractivity contribution in [1.82, 2.24) is 24.9 Å². The molecule has 2 aromatic rings. The number of nitrogens with one attached hydrogen (secondary N) is 2. The van der Waals surface area contributed by atoms with E-state index < -0.39 is 0 Å². The van der Waals surface area contributed by atoms with E-state index in [4.69, 9.17) is 0 Å². The zero-order chi connectivity index (χ0) is 22.0. The van der Waals surface area contributed by atoms with Crippen LogP contribution in [0.5, 0.6) is 0 Å². The van der Waals surface area contributed by atoms with E-state index in [1.165, 1.54) is 19.3 Å². The van der Waals surface area contributed by atoms with Gasteiger partial charge in [0, 0.05) is 37.9 Å². The van der Waals surface area contributed by atoms with E-state index in [0.717, 1.165) is 43.6 Å². The number of imidazole rings is 1. The van der Waals surface area contributed by atoms with Crippen LogP contribution in [0, 0.1) is 23.2 Å². The summed E-state index contributed by atoms with van der Waals surface area (Å²) in [4.78, 5) is 32.5. The Morgan fingerprint density at radius 2 is 2.12 bits per heavy atom. The lowest BCUT2D eigenvalue weighted by atomic mass is 9.45. The van der Waals surface area contributed by atoms with E-state index >= 15 is 0 Å². The number of nitrogens with zero attached hydrogens (tertiary/aromatic N) is 3. The van der Waals surface area contributed by atoms with Gasteiger partial charge in [-0.25, -0.2) is 4.98 Å². The lowest BCUT2D eigenvalue weighted by Gasteiger charge is -2.60. The van der Waals surface area contributed by atoms with Crippen molar-refractivity contribution >= 4 is 17.5 Å². The van der Waals surface area contributed by atoms with Gasteiger partial charge in [0.2, 0.25) is 5.91 Å². The van der Waals surface area contributed by atoms with E-state index in [-0.39, 0.29) is 18.2 Å². The molecule has 0 spiro atoms. The second kappa shape index (κ2) is 7.30. The normalized spacial score (nSPS) is 32.2. The fourth-order valence-electron chi connectivity index (χ4n) is 6.98. The first-order chi connectivity index (χ1) is 15.4. The SMILES string of the molecule is CC1(C)C2CC[C@@H](CNC(=O)c3cccc4nc(CC(=O)N5C[C@@H]6C[C@H]5CN6)cn34)[C@H]1C2. The Morgan fingerprint density at radius 3 is 2.84 bits per heavy atom. The van der Waals surface area contributed by atoms with Crippen LogP contribution in [0.1, 0.15) is 55.7 Å². The quantitative estimate of drug-likeness (QED) is 0.755. The number of fused-ring (bicyclic) bond motifs is 5. The summed E-state index contributed by atoms with van der Waals surface area (Å²) >= 11 is 0. The summed E-state index contributed by atoms with van der Waals surface area (Å²) in [5.74, 6) is 2.23. The predicted molar refractivity (Wildman–Crippen MR) is 121 cm³/mol. The Balaban J connectivity index is 1.14. The Morgan fingerprint density at radius 1 is 1.25 bits per heavy atom. The molecule has 32 heavy (non-hydrogen) atoms. The maximum absolute atomic E-state index is 13.1. The molecule has 3 saturated carbocycles. The number of carbonyl (C=O) groups excluding carboxylic acids is 2. The van der Waals surface area contributed by atoms with Gasteiger partial charge in [0.15, 0.2) is 0 Å². The zero-order valence-corrected chi connectivity index (χ0v) is 19.0. The minimum atomic E-state index is -0.0620. The second-order valence-corrected chi connectivity index (χ2v) is 11.0. The van der Waals surface area contributed by atoms with Gasteiger partial charge in [0.05, 0.1) is 12.1 Å². The summed E-state index contributed by atoms with van der Waals surface area (Å²) in [5, 5.41) is 6.63. The van der Waals surface area contributed by atoms with Crippen molar-refractivity contribution < 1.29 is 9.59 Å². The van der Waals surface area contributed by atoms with E-state index in [9.17, 15) is 9.59 Å². The molecule has 7 nitrogen and oxygen atoms in total. The van der Waals surface area contributed by atoms with Crippen molar-refractivity contribution in [2.24, 2.45) is 23.2 Å². The highest BCUT2D eigenvalue weighted by molar-refractivity contribution is 5.93. The number of rotatable bonds is 5. The van der Waals surface area contributed by atoms with Crippen LogP contribution in [0.2, 0.25) is 0 Å². The number of aromatic nitrogens is 2. The molecule has 7 heteroatoms. The molecule has 170 valence electrons. The molecule has 2 N–H and O–H groups in total. The van der Waals surface area contributed by atoms with Gasteiger partial charge in [-0.3, -0.25) is 14.0 Å². The number of hydrogen-bond acceptors (Lipinski definition) is 4. The van der Waals surface area contributed by atoms with Gasteiger partial charge in [-0.2, -0.15) is 0 Å². The maximum Gasteiger partial charge on any atom is 0.268 e. The number of hydrogen-bond donors (Lipinski definition) is 2. The highest BCUT2D eigenvalue weighted by Crippen LogP contribution is 2.61. The standard InChI is InChI=1S/C25H33N5O2/c1-25(2)16-7-6-15(20(25)8-16)11-27-24(32)21-4-3-5-22-28-18(14-30(21)22)10-23(31)29-13-17-9-19(29)12-26-17/h3-5,14-17,19-20,26H,6-13H2,1-2H3,(H,27,32)/t15-,16?,17-,19-,20+/m0/s1. The monoisotopic (exact) mass is 435 g/mol. The number of likely N-dealkylation sites (tertiary alicyclic amines) is 1. The molecule has 2 saturated heterocycles. The van der Waals surface area contributed by atoms with E-state index in [1.54, 1.807) is 0 Å². The molecular weight excluding hydrogens is 402 g/mol. The summed E-state index contributed by atoms with van der Waals surface area (Å²) in [5.41, 5.74) is 2.44. The van der Waals surface area contributed by atoms with Crippen LogP contribution in [-0.2, 0) is 11.2 Å². The summed E-state index contributed by atoms with van der Waals surface area (Å²) in [6.45, 7) is 7.20. The Bertz CT molecular complexity index is 1070. The van der Waals surface area contributed by atoms with Gasteiger partial charge in [-0.05, 0) is 61.0 Å². The molecule has 7 rings (SSSR count). The highest BCUT2D eigenvalue weighted by Gasteiger charge is 2.54. The average molecular weight is 436 g/mol. The van der Waals surface area contributed by atoms with Crippen LogP contribution in [0.4, 0.5) is 0 Å². The molecular formula is C25H33N5O2. The fourth-order valence-corrected chi connectivity index (χ4v) is 6.98. The number of piperazine rings is 1. The largest absolute Gasteiger partial charge is 0.350 e. The summed E-state index contributed by atoms with van der Waals surface area (Å²) in [6.07, 6.45) is 7.01. The molecule has 5 atom stereocenters. The van der Waals surface area contributed by atoms with Gasteiger partial charge in [0.1, 0.15) is 11.3 Å². The number of pyridine rings is 1. The van der Waals surface area contributed by atoms with E-state index in [2.05, 4.69) is 29.5 Å². The molecule has 4 bridgehead atoms. The molecule has 5 aliphatic rings. The van der Waals surface area contributed by atoms with Crippen molar-refractivity contribution in [3.05, 3.63) is 35.8 Å². The third kappa shape index (κ3) is 3.16. The summed E-state index contributed by atoms with van der Waals surface area (Å²) < 4.78 is 1.83. The van der Waals surface area contributed by atoms with Crippen molar-refractivity contribution in [2.75, 3.05) is 19.6 Å². The topological polar surface area (TPSA) is 78.7 Å². The molecule has 4 heterocycles. The van der Waals surface area contributed by atoms with Crippen LogP contribution in [0.25, 0.3) is 5.65 Å². The first kappa shape index (κ1) is 20.2. The highest BCUT2D eigenvalue weighted by atomic mass is 16.2. The van der Waals surface area contributed by atoms with Crippen molar-refractivity contribution in [2.45, 2.75) is 58.0 Å². The molecule has 2 aromatic heterocycles. The lowest BCUT2D eigenvalue weighted by Crippen LogP contribution is -2.54. The Kier molecular flexibility index (Phi) is 4.61. The molecule has 5 fully saturated rings. The molecule has 2 aliphatic heterocycles. The van der Waals surface area contributed by atoms with Crippen LogP contribution in [0.3, 0.4) is 0 Å². The van der Waals surface area contributed by atoms with Crippen molar-refractivity contribution in [3.8, 4) is 0 Å². The minimum Gasteiger partial charge on any atom is -0.350 e. The van der Waals surface area contributed by atoms with Gasteiger partial charge in [-0.15, -0.1) is 0 Å². The van der Waals surface area contributed by atoms with Gasteiger partial charge >= 0.3 is 0 Å². The molecule has 3 aliphatic carbocycles. The molecule has 1 unspecified atom stereocenters. The molecule has 0 aromatic carbocycles. The maximum atomic E-state index is 13.1. The van der Waals surface area contributed by atoms with Crippen LogP contribution in [-0.4, -0.2) is 57.8 Å².